The van der Waals surface area contributed by atoms with E-state index in [4.69, 9.17) is 15.1 Å². The van der Waals surface area contributed by atoms with E-state index in [0.29, 0.717) is 23.5 Å². The molecule has 1 saturated heterocycles. The number of aromatic nitrogens is 5. The van der Waals surface area contributed by atoms with Crippen molar-refractivity contribution in [2.24, 2.45) is 0 Å². The fourth-order valence-electron chi connectivity index (χ4n) is 3.13. The molecular weight excluding hydrogens is 294 g/mol. The Morgan fingerprint density at radius 3 is 2.96 bits per heavy atom. The molecule has 4 rings (SSSR count). The Balaban J connectivity index is 1.80. The summed E-state index contributed by atoms with van der Waals surface area (Å²) in [6, 6.07) is 0. The predicted molar refractivity (Wildman–Crippen MR) is 84.9 cm³/mol. The predicted octanol–water partition coefficient (Wildman–Crippen LogP) is 1.48. The van der Waals surface area contributed by atoms with Crippen LogP contribution in [0.5, 0.6) is 0 Å². The van der Waals surface area contributed by atoms with Crippen LogP contribution in [-0.4, -0.2) is 49.1 Å². The van der Waals surface area contributed by atoms with Crippen molar-refractivity contribution in [1.82, 2.24) is 29.5 Å². The van der Waals surface area contributed by atoms with Gasteiger partial charge in [-0.15, -0.1) is 5.10 Å². The van der Waals surface area contributed by atoms with E-state index in [-0.39, 0.29) is 0 Å². The Hall–Kier alpha value is -2.48. The van der Waals surface area contributed by atoms with Crippen LogP contribution in [0, 0.1) is 6.92 Å². The van der Waals surface area contributed by atoms with Gasteiger partial charge in [0.1, 0.15) is 12.0 Å². The molecule has 0 radical (unpaired) electrons. The molecule has 0 spiro atoms. The van der Waals surface area contributed by atoms with Crippen LogP contribution in [0.1, 0.15) is 30.7 Å². The Kier molecular flexibility index (Phi) is 3.26. The number of hydrogen-bond acceptors (Lipinski definition) is 7. The van der Waals surface area contributed by atoms with Gasteiger partial charge in [0.2, 0.25) is 11.8 Å². The van der Waals surface area contributed by atoms with Gasteiger partial charge in [-0.2, -0.15) is 4.52 Å². The number of nitrogens with two attached hydrogens (primary N) is 1. The Morgan fingerprint density at radius 1 is 1.39 bits per heavy atom. The molecule has 3 aromatic heterocycles. The molecule has 8 nitrogen and oxygen atoms in total. The first-order valence-corrected chi connectivity index (χ1v) is 7.82. The lowest BCUT2D eigenvalue weighted by atomic mass is 10.1. The van der Waals surface area contributed by atoms with Gasteiger partial charge in [0.15, 0.2) is 11.5 Å². The van der Waals surface area contributed by atoms with E-state index in [0.717, 1.165) is 43.1 Å². The van der Waals surface area contributed by atoms with Crippen molar-refractivity contribution >= 4 is 11.6 Å². The van der Waals surface area contributed by atoms with Gasteiger partial charge in [-0.1, -0.05) is 6.92 Å². The maximum Gasteiger partial charge on any atom is 0.245 e. The Labute approximate surface area is 133 Å². The lowest BCUT2D eigenvalue weighted by Gasteiger charge is -2.10. The zero-order valence-electron chi connectivity index (χ0n) is 13.2. The number of nitrogen functional groups attached to an aromatic ring is 1. The summed E-state index contributed by atoms with van der Waals surface area (Å²) in [5, 5.41) is 4.59. The fourth-order valence-corrected chi connectivity index (χ4v) is 3.13. The summed E-state index contributed by atoms with van der Waals surface area (Å²) < 4.78 is 6.96. The molecule has 1 atom stereocenters. The van der Waals surface area contributed by atoms with E-state index >= 15 is 0 Å². The number of hydrogen-bond donors (Lipinski definition) is 1. The molecule has 1 aliphatic rings. The molecule has 0 amide bonds. The third-order valence-corrected chi connectivity index (χ3v) is 4.48. The summed E-state index contributed by atoms with van der Waals surface area (Å²) >= 11 is 0. The van der Waals surface area contributed by atoms with Gasteiger partial charge in [-0.3, -0.25) is 0 Å². The minimum atomic E-state index is 0.294. The molecule has 3 aromatic rings. The second-order valence-corrected chi connectivity index (χ2v) is 5.87. The number of likely N-dealkylation sites (N-methyl/N-ethyl adjacent to an activating group) is 1. The molecule has 0 bridgehead atoms. The highest BCUT2D eigenvalue weighted by atomic mass is 16.3. The lowest BCUT2D eigenvalue weighted by Crippen LogP contribution is -2.19. The van der Waals surface area contributed by atoms with E-state index < -0.39 is 0 Å². The standard InChI is InChI=1S/C15H19N7O/c1-3-21-6-4-10(8-21)12-19-13-9(2)11(14-17-5-7-23-14)18-15(16)22(13)20-12/h5,7,10H,3-4,6,8H2,1-2H3,(H2,16,18)/t10-/m0/s1. The molecule has 1 aliphatic heterocycles. The van der Waals surface area contributed by atoms with Crippen LogP contribution >= 0.6 is 0 Å². The highest BCUT2D eigenvalue weighted by Crippen LogP contribution is 2.28. The Morgan fingerprint density at radius 2 is 2.26 bits per heavy atom. The molecule has 0 unspecified atom stereocenters. The smallest absolute Gasteiger partial charge is 0.245 e. The summed E-state index contributed by atoms with van der Waals surface area (Å²) in [5.41, 5.74) is 8.26. The van der Waals surface area contributed by atoms with Crippen LogP contribution in [0.2, 0.25) is 0 Å². The first-order chi connectivity index (χ1) is 11.2. The van der Waals surface area contributed by atoms with Crippen molar-refractivity contribution in [2.75, 3.05) is 25.4 Å². The van der Waals surface area contributed by atoms with Crippen LogP contribution in [0.3, 0.4) is 0 Å². The summed E-state index contributed by atoms with van der Waals surface area (Å²) in [5.74, 6) is 1.92. The van der Waals surface area contributed by atoms with Crippen LogP contribution in [0.15, 0.2) is 16.9 Å². The lowest BCUT2D eigenvalue weighted by molar-refractivity contribution is 0.352. The van der Waals surface area contributed by atoms with Gasteiger partial charge in [0.05, 0.1) is 6.20 Å². The normalized spacial score (nSPS) is 19.0. The van der Waals surface area contributed by atoms with Crippen LogP contribution in [0.4, 0.5) is 5.95 Å². The molecule has 1 fully saturated rings. The average molecular weight is 313 g/mol. The molecule has 120 valence electrons. The molecule has 4 heterocycles. The summed E-state index contributed by atoms with van der Waals surface area (Å²) in [6.07, 6.45) is 4.18. The Bertz CT molecular complexity index is 839. The second-order valence-electron chi connectivity index (χ2n) is 5.87. The van der Waals surface area contributed by atoms with Crippen LogP contribution in [-0.2, 0) is 0 Å². The summed E-state index contributed by atoms with van der Waals surface area (Å²) in [6.45, 7) is 7.25. The summed E-state index contributed by atoms with van der Waals surface area (Å²) in [7, 11) is 0. The van der Waals surface area contributed by atoms with Crippen molar-refractivity contribution in [2.45, 2.75) is 26.2 Å². The third kappa shape index (κ3) is 2.26. The third-order valence-electron chi connectivity index (χ3n) is 4.48. The number of oxazole rings is 1. The van der Waals surface area contributed by atoms with E-state index in [2.05, 4.69) is 26.9 Å². The van der Waals surface area contributed by atoms with E-state index in [1.165, 1.54) is 6.26 Å². The van der Waals surface area contributed by atoms with E-state index in [1.807, 2.05) is 6.92 Å². The van der Waals surface area contributed by atoms with E-state index in [9.17, 15) is 0 Å². The number of aryl methyl sites for hydroxylation is 1. The van der Waals surface area contributed by atoms with Crippen molar-refractivity contribution < 1.29 is 4.42 Å². The highest BCUT2D eigenvalue weighted by Gasteiger charge is 2.27. The highest BCUT2D eigenvalue weighted by molar-refractivity contribution is 5.65. The number of rotatable bonds is 3. The van der Waals surface area contributed by atoms with Crippen molar-refractivity contribution in [3.05, 3.63) is 23.8 Å². The van der Waals surface area contributed by atoms with Gasteiger partial charge >= 0.3 is 0 Å². The zero-order valence-corrected chi connectivity index (χ0v) is 13.2. The molecule has 0 aliphatic carbocycles. The quantitative estimate of drug-likeness (QED) is 0.782. The number of anilines is 1. The topological polar surface area (TPSA) is 98.4 Å². The van der Waals surface area contributed by atoms with Gasteiger partial charge in [0.25, 0.3) is 0 Å². The molecule has 2 N–H and O–H groups in total. The van der Waals surface area contributed by atoms with Gasteiger partial charge < -0.3 is 15.1 Å². The number of likely N-dealkylation sites (tertiary alicyclic amines) is 1. The SMILES string of the molecule is CCN1CC[C@H](c2nc3c(C)c(-c4ncco4)nc(N)n3n2)C1. The first kappa shape index (κ1) is 14.1. The largest absolute Gasteiger partial charge is 0.443 e. The van der Waals surface area contributed by atoms with E-state index in [1.54, 1.807) is 10.7 Å². The first-order valence-electron chi connectivity index (χ1n) is 7.82. The van der Waals surface area contributed by atoms with Crippen molar-refractivity contribution in [1.29, 1.82) is 0 Å². The van der Waals surface area contributed by atoms with Crippen LogP contribution < -0.4 is 5.73 Å². The zero-order chi connectivity index (χ0) is 16.0. The van der Waals surface area contributed by atoms with Crippen molar-refractivity contribution in [3.8, 4) is 11.6 Å². The minimum absolute atomic E-state index is 0.294. The monoisotopic (exact) mass is 313 g/mol. The molecule has 0 aromatic carbocycles. The maximum atomic E-state index is 6.07. The van der Waals surface area contributed by atoms with Gasteiger partial charge in [0, 0.05) is 18.0 Å². The minimum Gasteiger partial charge on any atom is -0.443 e. The van der Waals surface area contributed by atoms with Crippen molar-refractivity contribution in [3.63, 3.8) is 0 Å². The molecule has 23 heavy (non-hydrogen) atoms. The second kappa shape index (κ2) is 5.31. The molecular formula is C15H19N7O. The van der Waals surface area contributed by atoms with Crippen LogP contribution in [0.25, 0.3) is 17.2 Å². The molecule has 8 heteroatoms. The summed E-state index contributed by atoms with van der Waals surface area (Å²) in [4.78, 5) is 15.7. The molecule has 0 saturated carbocycles. The maximum absolute atomic E-state index is 6.07. The average Bonchev–Trinajstić information content (AvgIpc) is 3.30. The number of nitrogens with zero attached hydrogens (tertiary/aromatic N) is 6. The number of fused-ring (bicyclic) bond motifs is 1. The van der Waals surface area contributed by atoms with Gasteiger partial charge in [-0.25, -0.2) is 15.0 Å². The fraction of sp³-hybridized carbons (Fsp3) is 0.467. The van der Waals surface area contributed by atoms with Gasteiger partial charge in [-0.05, 0) is 26.4 Å².